The number of H-pyrrole nitrogens is 1. The van der Waals surface area contributed by atoms with Gasteiger partial charge >= 0.3 is 0 Å². The second kappa shape index (κ2) is 6.07. The molecular weight excluding hydrogens is 196 g/mol. The maximum atomic E-state index is 4.51. The van der Waals surface area contributed by atoms with Crippen molar-refractivity contribution in [3.63, 3.8) is 0 Å². The summed E-state index contributed by atoms with van der Waals surface area (Å²) in [5.74, 6) is 1.92. The summed E-state index contributed by atoms with van der Waals surface area (Å²) >= 11 is 0. The fourth-order valence-electron chi connectivity index (χ4n) is 2.72. The van der Waals surface area contributed by atoms with Crippen LogP contribution < -0.4 is 0 Å². The van der Waals surface area contributed by atoms with E-state index in [1.165, 1.54) is 69.3 Å². The lowest BCUT2D eigenvalue weighted by atomic mass is 9.92. The van der Waals surface area contributed by atoms with Crippen LogP contribution in [-0.4, -0.2) is 9.97 Å². The highest BCUT2D eigenvalue weighted by molar-refractivity contribution is 5.03. The summed E-state index contributed by atoms with van der Waals surface area (Å²) in [6.07, 6.45) is 14.5. The molecule has 0 bridgehead atoms. The van der Waals surface area contributed by atoms with Gasteiger partial charge in [-0.25, -0.2) is 4.98 Å². The Morgan fingerprint density at radius 1 is 1.00 bits per heavy atom. The van der Waals surface area contributed by atoms with Crippen molar-refractivity contribution in [2.24, 2.45) is 0 Å². The minimum Gasteiger partial charge on any atom is -0.346 e. The van der Waals surface area contributed by atoms with Gasteiger partial charge in [0.15, 0.2) is 0 Å². The SMILES string of the molecule is Cc1cnc(C2CCCCCCCCC2)[nH]1. The number of hydrogen-bond acceptors (Lipinski definition) is 1. The maximum absolute atomic E-state index is 4.51. The fraction of sp³-hybridized carbons (Fsp3) is 0.786. The van der Waals surface area contributed by atoms with Gasteiger partial charge < -0.3 is 4.98 Å². The van der Waals surface area contributed by atoms with Gasteiger partial charge in [-0.05, 0) is 19.8 Å². The van der Waals surface area contributed by atoms with E-state index in [-0.39, 0.29) is 0 Å². The zero-order chi connectivity index (χ0) is 11.2. The molecule has 1 fully saturated rings. The number of hydrogen-bond donors (Lipinski definition) is 1. The summed E-state index contributed by atoms with van der Waals surface area (Å²) in [6, 6.07) is 0. The van der Waals surface area contributed by atoms with E-state index in [0.29, 0.717) is 5.92 Å². The Morgan fingerprint density at radius 2 is 1.56 bits per heavy atom. The van der Waals surface area contributed by atoms with Crippen molar-refractivity contribution in [3.05, 3.63) is 17.7 Å². The Morgan fingerprint density at radius 3 is 2.06 bits per heavy atom. The predicted octanol–water partition coefficient (Wildman–Crippen LogP) is 4.33. The molecule has 90 valence electrons. The molecule has 1 aromatic heterocycles. The molecular formula is C14H24N2. The minimum absolute atomic E-state index is 0.687. The number of aryl methyl sites for hydroxylation is 1. The van der Waals surface area contributed by atoms with E-state index in [1.807, 2.05) is 6.20 Å². The summed E-state index contributed by atoms with van der Waals surface area (Å²) in [5, 5.41) is 0. The molecule has 1 N–H and O–H groups in total. The Bertz CT molecular complexity index is 293. The molecule has 2 nitrogen and oxygen atoms in total. The van der Waals surface area contributed by atoms with Crippen molar-refractivity contribution in [3.8, 4) is 0 Å². The van der Waals surface area contributed by atoms with E-state index in [4.69, 9.17) is 0 Å². The van der Waals surface area contributed by atoms with E-state index in [2.05, 4.69) is 16.9 Å². The van der Waals surface area contributed by atoms with Crippen LogP contribution in [0.1, 0.15) is 75.2 Å². The van der Waals surface area contributed by atoms with Gasteiger partial charge in [0.1, 0.15) is 5.82 Å². The highest BCUT2D eigenvalue weighted by Gasteiger charge is 2.14. The Balaban J connectivity index is 1.94. The third kappa shape index (κ3) is 3.36. The molecule has 0 aromatic carbocycles. The molecule has 0 atom stereocenters. The third-order valence-corrected chi connectivity index (χ3v) is 3.71. The van der Waals surface area contributed by atoms with Crippen LogP contribution in [0.2, 0.25) is 0 Å². The molecule has 0 amide bonds. The van der Waals surface area contributed by atoms with Gasteiger partial charge in [0.25, 0.3) is 0 Å². The van der Waals surface area contributed by atoms with Crippen molar-refractivity contribution in [2.75, 3.05) is 0 Å². The standard InChI is InChI=1S/C14H24N2/c1-12-11-15-14(16-12)13-9-7-5-3-2-4-6-8-10-13/h11,13H,2-10H2,1H3,(H,15,16). The van der Waals surface area contributed by atoms with E-state index in [0.717, 1.165) is 0 Å². The third-order valence-electron chi connectivity index (χ3n) is 3.71. The molecule has 2 rings (SSSR count). The highest BCUT2D eigenvalue weighted by atomic mass is 14.9. The molecule has 0 spiro atoms. The summed E-state index contributed by atoms with van der Waals surface area (Å²) in [7, 11) is 0. The first-order chi connectivity index (χ1) is 7.86. The number of nitrogens with one attached hydrogen (secondary N) is 1. The van der Waals surface area contributed by atoms with Crippen LogP contribution in [0, 0.1) is 6.92 Å². The second-order valence-electron chi connectivity index (χ2n) is 5.20. The first-order valence-corrected chi connectivity index (χ1v) is 6.88. The van der Waals surface area contributed by atoms with Crippen LogP contribution in [0.15, 0.2) is 6.20 Å². The van der Waals surface area contributed by atoms with Crippen LogP contribution in [0.3, 0.4) is 0 Å². The maximum Gasteiger partial charge on any atom is 0.109 e. The van der Waals surface area contributed by atoms with Crippen LogP contribution in [-0.2, 0) is 0 Å². The van der Waals surface area contributed by atoms with Crippen molar-refractivity contribution in [1.82, 2.24) is 9.97 Å². The van der Waals surface area contributed by atoms with E-state index < -0.39 is 0 Å². The summed E-state index contributed by atoms with van der Waals surface area (Å²) in [5.41, 5.74) is 1.20. The Labute approximate surface area is 98.9 Å². The van der Waals surface area contributed by atoms with Gasteiger partial charge in [0.05, 0.1) is 0 Å². The van der Waals surface area contributed by atoms with E-state index in [1.54, 1.807) is 0 Å². The molecule has 2 heteroatoms. The summed E-state index contributed by atoms with van der Waals surface area (Å²) < 4.78 is 0. The van der Waals surface area contributed by atoms with Gasteiger partial charge in [0.2, 0.25) is 0 Å². The fourth-order valence-corrected chi connectivity index (χ4v) is 2.72. The van der Waals surface area contributed by atoms with Gasteiger partial charge in [-0.15, -0.1) is 0 Å². The average molecular weight is 220 g/mol. The zero-order valence-corrected chi connectivity index (χ0v) is 10.5. The molecule has 0 unspecified atom stereocenters. The number of nitrogens with zero attached hydrogens (tertiary/aromatic N) is 1. The molecule has 1 aliphatic rings. The summed E-state index contributed by atoms with van der Waals surface area (Å²) in [4.78, 5) is 7.93. The molecule has 0 aliphatic heterocycles. The number of aromatic amines is 1. The lowest BCUT2D eigenvalue weighted by molar-refractivity contribution is 0.452. The van der Waals surface area contributed by atoms with Gasteiger partial charge in [-0.3, -0.25) is 0 Å². The zero-order valence-electron chi connectivity index (χ0n) is 10.5. The Hall–Kier alpha value is -0.790. The molecule has 1 heterocycles. The highest BCUT2D eigenvalue weighted by Crippen LogP contribution is 2.28. The molecule has 1 saturated carbocycles. The normalized spacial score (nSPS) is 20.8. The molecule has 0 saturated heterocycles. The van der Waals surface area contributed by atoms with Gasteiger partial charge in [-0.1, -0.05) is 44.9 Å². The van der Waals surface area contributed by atoms with Crippen molar-refractivity contribution >= 4 is 0 Å². The van der Waals surface area contributed by atoms with E-state index >= 15 is 0 Å². The van der Waals surface area contributed by atoms with Crippen molar-refractivity contribution in [2.45, 2.75) is 70.6 Å². The lowest BCUT2D eigenvalue weighted by Crippen LogP contribution is -2.03. The van der Waals surface area contributed by atoms with Crippen molar-refractivity contribution in [1.29, 1.82) is 0 Å². The van der Waals surface area contributed by atoms with Crippen LogP contribution in [0.5, 0.6) is 0 Å². The lowest BCUT2D eigenvalue weighted by Gasteiger charge is -2.16. The second-order valence-corrected chi connectivity index (χ2v) is 5.20. The first kappa shape index (κ1) is 11.7. The predicted molar refractivity (Wildman–Crippen MR) is 67.6 cm³/mol. The van der Waals surface area contributed by atoms with E-state index in [9.17, 15) is 0 Å². The largest absolute Gasteiger partial charge is 0.346 e. The number of imidazole rings is 1. The quantitative estimate of drug-likeness (QED) is 0.750. The van der Waals surface area contributed by atoms with Crippen LogP contribution in [0.25, 0.3) is 0 Å². The smallest absolute Gasteiger partial charge is 0.109 e. The van der Waals surface area contributed by atoms with Gasteiger partial charge in [0, 0.05) is 17.8 Å². The van der Waals surface area contributed by atoms with Crippen LogP contribution in [0.4, 0.5) is 0 Å². The van der Waals surface area contributed by atoms with Crippen molar-refractivity contribution < 1.29 is 0 Å². The minimum atomic E-state index is 0.687. The average Bonchev–Trinajstić information content (AvgIpc) is 2.72. The monoisotopic (exact) mass is 220 g/mol. The number of aromatic nitrogens is 2. The summed E-state index contributed by atoms with van der Waals surface area (Å²) in [6.45, 7) is 2.09. The molecule has 16 heavy (non-hydrogen) atoms. The molecule has 1 aliphatic carbocycles. The Kier molecular flexibility index (Phi) is 4.44. The topological polar surface area (TPSA) is 28.7 Å². The molecule has 1 aromatic rings. The molecule has 0 radical (unpaired) electrons. The van der Waals surface area contributed by atoms with Gasteiger partial charge in [-0.2, -0.15) is 0 Å². The van der Waals surface area contributed by atoms with Crippen LogP contribution >= 0.6 is 0 Å². The first-order valence-electron chi connectivity index (χ1n) is 6.88. The number of rotatable bonds is 1.